The Morgan fingerprint density at radius 3 is 2.44 bits per heavy atom. The zero-order valence-corrected chi connectivity index (χ0v) is 14.6. The van der Waals surface area contributed by atoms with Crippen molar-refractivity contribution in [3.8, 4) is 5.75 Å². The summed E-state index contributed by atoms with van der Waals surface area (Å²) in [6, 6.07) is 18.0. The van der Waals surface area contributed by atoms with E-state index in [1.807, 2.05) is 30.3 Å². The van der Waals surface area contributed by atoms with Crippen LogP contribution in [0.1, 0.15) is 5.56 Å². The van der Waals surface area contributed by atoms with Crippen LogP contribution in [0.25, 0.3) is 0 Å². The van der Waals surface area contributed by atoms with Gasteiger partial charge in [0.25, 0.3) is 0 Å². The third-order valence-electron chi connectivity index (χ3n) is 4.43. The van der Waals surface area contributed by atoms with Gasteiger partial charge in [0.05, 0.1) is 13.7 Å². The summed E-state index contributed by atoms with van der Waals surface area (Å²) in [5.74, 6) is 0.761. The molecule has 3 rings (SSSR count). The molecule has 2 aromatic rings. The summed E-state index contributed by atoms with van der Waals surface area (Å²) < 4.78 is 5.18. The highest BCUT2D eigenvalue weighted by molar-refractivity contribution is 5.92. The van der Waals surface area contributed by atoms with Crippen molar-refractivity contribution in [1.29, 1.82) is 0 Å². The highest BCUT2D eigenvalue weighted by Crippen LogP contribution is 2.16. The number of hydrogen-bond donors (Lipinski definition) is 1. The molecule has 0 spiro atoms. The third-order valence-corrected chi connectivity index (χ3v) is 4.43. The van der Waals surface area contributed by atoms with Gasteiger partial charge in [-0.1, -0.05) is 36.4 Å². The second-order valence-electron chi connectivity index (χ2n) is 6.32. The number of methoxy groups -OCH3 is 1. The Balaban J connectivity index is 1.43. The highest BCUT2D eigenvalue weighted by Gasteiger charge is 2.19. The Labute approximate surface area is 149 Å². The van der Waals surface area contributed by atoms with E-state index in [-0.39, 0.29) is 5.91 Å². The van der Waals surface area contributed by atoms with Crippen molar-refractivity contribution in [3.05, 3.63) is 60.2 Å². The first-order valence-electron chi connectivity index (χ1n) is 8.65. The zero-order chi connectivity index (χ0) is 17.5. The number of hydrogen-bond acceptors (Lipinski definition) is 4. The van der Waals surface area contributed by atoms with Crippen molar-refractivity contribution in [3.63, 3.8) is 0 Å². The van der Waals surface area contributed by atoms with E-state index < -0.39 is 0 Å². The van der Waals surface area contributed by atoms with Gasteiger partial charge in [-0.15, -0.1) is 0 Å². The smallest absolute Gasteiger partial charge is 0.238 e. The molecule has 0 bridgehead atoms. The average molecular weight is 339 g/mol. The number of piperazine rings is 1. The number of carbonyl (C=O) groups is 1. The minimum Gasteiger partial charge on any atom is -0.497 e. The molecule has 1 saturated heterocycles. The Morgan fingerprint density at radius 1 is 1.00 bits per heavy atom. The molecule has 5 heteroatoms. The molecule has 0 unspecified atom stereocenters. The molecule has 0 atom stereocenters. The molecular formula is C20H25N3O2. The monoisotopic (exact) mass is 339 g/mol. The Morgan fingerprint density at radius 2 is 1.72 bits per heavy atom. The van der Waals surface area contributed by atoms with Crippen LogP contribution in [0, 0.1) is 0 Å². The number of amides is 1. The lowest BCUT2D eigenvalue weighted by Crippen LogP contribution is -2.48. The van der Waals surface area contributed by atoms with Crippen molar-refractivity contribution in [2.75, 3.05) is 45.2 Å². The second-order valence-corrected chi connectivity index (χ2v) is 6.32. The number of nitrogens with one attached hydrogen (secondary N) is 1. The van der Waals surface area contributed by atoms with Gasteiger partial charge in [-0.2, -0.15) is 0 Å². The summed E-state index contributed by atoms with van der Waals surface area (Å²) in [7, 11) is 1.62. The number of carbonyl (C=O) groups excluding carboxylic acids is 1. The molecule has 1 fully saturated rings. The summed E-state index contributed by atoms with van der Waals surface area (Å²) >= 11 is 0. The number of benzene rings is 2. The molecule has 1 amide bonds. The molecule has 0 aromatic heterocycles. The van der Waals surface area contributed by atoms with Crippen LogP contribution in [0.4, 0.5) is 5.69 Å². The van der Waals surface area contributed by atoms with E-state index in [0.717, 1.165) is 44.2 Å². The van der Waals surface area contributed by atoms with E-state index in [1.165, 1.54) is 5.56 Å². The normalized spacial score (nSPS) is 15.7. The number of rotatable bonds is 6. The minimum absolute atomic E-state index is 0.0183. The van der Waals surface area contributed by atoms with Gasteiger partial charge in [-0.25, -0.2) is 0 Å². The molecule has 5 nitrogen and oxygen atoms in total. The van der Waals surface area contributed by atoms with E-state index in [2.05, 4.69) is 39.4 Å². The Bertz CT molecular complexity index is 682. The van der Waals surface area contributed by atoms with Crippen LogP contribution in [0.3, 0.4) is 0 Å². The van der Waals surface area contributed by atoms with Gasteiger partial charge in [0.15, 0.2) is 0 Å². The van der Waals surface area contributed by atoms with Crippen molar-refractivity contribution in [2.45, 2.75) is 6.54 Å². The molecule has 132 valence electrons. The van der Waals surface area contributed by atoms with E-state index in [4.69, 9.17) is 4.74 Å². The molecule has 1 aliphatic rings. The standard InChI is InChI=1S/C20H25N3O2/c1-25-19-9-5-8-18(14-19)21-20(24)16-23-12-10-22(11-13-23)15-17-6-3-2-4-7-17/h2-9,14H,10-13,15-16H2,1H3,(H,21,24). The van der Waals surface area contributed by atoms with Gasteiger partial charge in [0.1, 0.15) is 5.75 Å². The summed E-state index contributed by atoms with van der Waals surface area (Å²) in [5, 5.41) is 2.94. The van der Waals surface area contributed by atoms with E-state index >= 15 is 0 Å². The Hall–Kier alpha value is -2.37. The number of ether oxygens (including phenoxy) is 1. The minimum atomic E-state index is 0.0183. The van der Waals surface area contributed by atoms with Crippen LogP contribution in [0.15, 0.2) is 54.6 Å². The van der Waals surface area contributed by atoms with Gasteiger partial charge in [-0.05, 0) is 17.7 Å². The summed E-state index contributed by atoms with van der Waals surface area (Å²) in [6.45, 7) is 5.21. The van der Waals surface area contributed by atoms with Gasteiger partial charge >= 0.3 is 0 Å². The maximum absolute atomic E-state index is 12.2. The van der Waals surface area contributed by atoms with Crippen LogP contribution in [0.2, 0.25) is 0 Å². The van der Waals surface area contributed by atoms with Crippen LogP contribution in [0.5, 0.6) is 5.75 Å². The van der Waals surface area contributed by atoms with E-state index in [1.54, 1.807) is 7.11 Å². The fourth-order valence-electron chi connectivity index (χ4n) is 3.05. The van der Waals surface area contributed by atoms with E-state index in [0.29, 0.717) is 6.54 Å². The molecular weight excluding hydrogens is 314 g/mol. The van der Waals surface area contributed by atoms with Gasteiger partial charge < -0.3 is 10.1 Å². The fraction of sp³-hybridized carbons (Fsp3) is 0.350. The first-order valence-corrected chi connectivity index (χ1v) is 8.65. The maximum atomic E-state index is 12.2. The van der Waals surface area contributed by atoms with Crippen molar-refractivity contribution in [2.24, 2.45) is 0 Å². The summed E-state index contributed by atoms with van der Waals surface area (Å²) in [6.07, 6.45) is 0. The van der Waals surface area contributed by atoms with Gasteiger partial charge in [-0.3, -0.25) is 14.6 Å². The predicted octanol–water partition coefficient (Wildman–Crippen LogP) is 2.45. The van der Waals surface area contributed by atoms with Crippen molar-refractivity contribution < 1.29 is 9.53 Å². The summed E-state index contributed by atoms with van der Waals surface area (Å²) in [4.78, 5) is 16.9. The van der Waals surface area contributed by atoms with Crippen LogP contribution in [-0.2, 0) is 11.3 Å². The third kappa shape index (κ3) is 5.31. The first kappa shape index (κ1) is 17.5. The molecule has 1 aliphatic heterocycles. The lowest BCUT2D eigenvalue weighted by molar-refractivity contribution is -0.117. The highest BCUT2D eigenvalue weighted by atomic mass is 16.5. The topological polar surface area (TPSA) is 44.8 Å². The molecule has 0 aliphatic carbocycles. The summed E-state index contributed by atoms with van der Waals surface area (Å²) in [5.41, 5.74) is 2.11. The van der Waals surface area contributed by atoms with E-state index in [9.17, 15) is 4.79 Å². The maximum Gasteiger partial charge on any atom is 0.238 e. The van der Waals surface area contributed by atoms with Crippen molar-refractivity contribution in [1.82, 2.24) is 9.80 Å². The quantitative estimate of drug-likeness (QED) is 0.878. The van der Waals surface area contributed by atoms with Crippen LogP contribution < -0.4 is 10.1 Å². The number of nitrogens with zero attached hydrogens (tertiary/aromatic N) is 2. The Kier molecular flexibility index (Phi) is 6.04. The molecule has 0 saturated carbocycles. The van der Waals surface area contributed by atoms with Crippen LogP contribution >= 0.6 is 0 Å². The first-order chi connectivity index (χ1) is 12.2. The lowest BCUT2D eigenvalue weighted by Gasteiger charge is -2.34. The molecule has 1 heterocycles. The predicted molar refractivity (Wildman–Crippen MR) is 99.8 cm³/mol. The van der Waals surface area contributed by atoms with Crippen LogP contribution in [-0.4, -0.2) is 55.5 Å². The van der Waals surface area contributed by atoms with Crippen molar-refractivity contribution >= 4 is 11.6 Å². The van der Waals surface area contributed by atoms with Gasteiger partial charge in [0.2, 0.25) is 5.91 Å². The fourth-order valence-corrected chi connectivity index (χ4v) is 3.05. The molecule has 25 heavy (non-hydrogen) atoms. The second kappa shape index (κ2) is 8.65. The lowest BCUT2D eigenvalue weighted by atomic mass is 10.2. The zero-order valence-electron chi connectivity index (χ0n) is 14.6. The molecule has 1 N–H and O–H groups in total. The SMILES string of the molecule is COc1cccc(NC(=O)CN2CCN(Cc3ccccc3)CC2)c1. The molecule has 2 aromatic carbocycles. The number of anilines is 1. The van der Waals surface area contributed by atoms with Gasteiger partial charge in [0, 0.05) is 44.5 Å². The average Bonchev–Trinajstić information content (AvgIpc) is 2.64. The molecule has 0 radical (unpaired) electrons. The largest absolute Gasteiger partial charge is 0.497 e.